The van der Waals surface area contributed by atoms with E-state index in [9.17, 15) is 4.21 Å². The van der Waals surface area contributed by atoms with Crippen LogP contribution in [0.2, 0.25) is 0 Å². The molecule has 0 aliphatic rings. The van der Waals surface area contributed by atoms with Crippen LogP contribution in [0.25, 0.3) is 11.0 Å². The first kappa shape index (κ1) is 13.4. The van der Waals surface area contributed by atoms with Gasteiger partial charge in [0.15, 0.2) is 5.82 Å². The van der Waals surface area contributed by atoms with E-state index < -0.39 is 9.71 Å². The van der Waals surface area contributed by atoms with Gasteiger partial charge in [0.05, 0.1) is 26.9 Å². The van der Waals surface area contributed by atoms with Crippen LogP contribution in [0.5, 0.6) is 0 Å². The number of nitrogens with two attached hydrogens (primary N) is 1. The van der Waals surface area contributed by atoms with Gasteiger partial charge in [0, 0.05) is 10.6 Å². The zero-order valence-corrected chi connectivity index (χ0v) is 12.0. The van der Waals surface area contributed by atoms with Crippen LogP contribution < -0.4 is 10.5 Å². The minimum Gasteiger partial charge on any atom is -0.399 e. The summed E-state index contributed by atoms with van der Waals surface area (Å²) in [5, 5.41) is 0. The van der Waals surface area contributed by atoms with Gasteiger partial charge in [-0.2, -0.15) is 0 Å². The lowest BCUT2D eigenvalue weighted by atomic mass is 10.3. The van der Waals surface area contributed by atoms with Crippen LogP contribution in [0.3, 0.4) is 0 Å². The number of nitrogens with zero attached hydrogens (tertiary/aromatic N) is 2. The number of hydrogen-bond donors (Lipinski definition) is 2. The van der Waals surface area contributed by atoms with Crippen molar-refractivity contribution in [3.63, 3.8) is 0 Å². The minimum atomic E-state index is -2.71. The van der Waals surface area contributed by atoms with E-state index >= 15 is 0 Å². The smallest absolute Gasteiger partial charge is 0.156 e. The molecule has 21 heavy (non-hydrogen) atoms. The van der Waals surface area contributed by atoms with Crippen LogP contribution in [-0.2, 0) is 9.71 Å². The third-order valence-electron chi connectivity index (χ3n) is 2.98. The maximum absolute atomic E-state index is 12.7. The fraction of sp³-hybridized carbons (Fsp3) is 0. The summed E-state index contributed by atoms with van der Waals surface area (Å²) in [6.45, 7) is 0. The van der Waals surface area contributed by atoms with E-state index in [0.717, 1.165) is 11.0 Å². The van der Waals surface area contributed by atoms with Gasteiger partial charge in [-0.1, -0.05) is 12.1 Å². The predicted octanol–water partition coefficient (Wildman–Crippen LogP) is 2.31. The highest BCUT2D eigenvalue weighted by molar-refractivity contribution is 8.01. The van der Waals surface area contributed by atoms with Crippen molar-refractivity contribution in [1.82, 2.24) is 9.97 Å². The molecule has 3 aromatic rings. The Morgan fingerprint density at radius 1 is 1.05 bits per heavy atom. The number of fused-ring (bicyclic) bond motifs is 1. The Labute approximate surface area is 123 Å². The van der Waals surface area contributed by atoms with Crippen LogP contribution >= 0.6 is 0 Å². The summed E-state index contributed by atoms with van der Waals surface area (Å²) >= 11 is 0. The number of aromatic nitrogens is 2. The first-order valence-electron chi connectivity index (χ1n) is 6.27. The normalized spacial score (nSPS) is 13.7. The quantitative estimate of drug-likeness (QED) is 0.574. The molecule has 0 saturated heterocycles. The maximum Gasteiger partial charge on any atom is 0.156 e. The average molecular weight is 298 g/mol. The van der Waals surface area contributed by atoms with E-state index in [0.29, 0.717) is 16.4 Å². The number of benzene rings is 2. The van der Waals surface area contributed by atoms with E-state index in [2.05, 4.69) is 20.6 Å². The molecule has 0 spiro atoms. The Balaban J connectivity index is 1.95. The van der Waals surface area contributed by atoms with Gasteiger partial charge >= 0.3 is 0 Å². The highest BCUT2D eigenvalue weighted by Gasteiger charge is 2.09. The summed E-state index contributed by atoms with van der Waals surface area (Å²) in [5.74, 6) is 4.18. The molecule has 1 aromatic heterocycles. The molecule has 2 aromatic carbocycles. The topological polar surface area (TPSA) is 80.9 Å². The van der Waals surface area contributed by atoms with Crippen molar-refractivity contribution >= 4 is 38.1 Å². The molecular weight excluding hydrogens is 284 g/mol. The highest BCUT2D eigenvalue weighted by atomic mass is 32.2. The third kappa shape index (κ3) is 2.80. The molecule has 1 atom stereocenters. The van der Waals surface area contributed by atoms with Crippen LogP contribution in [0.1, 0.15) is 0 Å². The Kier molecular flexibility index (Phi) is 3.23. The molecule has 0 aliphatic heterocycles. The fourth-order valence-corrected chi connectivity index (χ4v) is 3.05. The molecular formula is C15H14N4OS. The van der Waals surface area contributed by atoms with Crippen molar-refractivity contribution in [2.45, 2.75) is 4.90 Å². The molecule has 0 saturated carbocycles. The molecule has 106 valence electrons. The van der Waals surface area contributed by atoms with Crippen LogP contribution in [-0.4, -0.2) is 20.0 Å². The van der Waals surface area contributed by atoms with E-state index in [1.54, 1.807) is 30.5 Å². The van der Waals surface area contributed by atoms with Gasteiger partial charge in [0.2, 0.25) is 0 Å². The zero-order valence-electron chi connectivity index (χ0n) is 11.2. The summed E-state index contributed by atoms with van der Waals surface area (Å²) in [6.07, 6.45) is 1.55. The van der Waals surface area contributed by atoms with Gasteiger partial charge in [-0.05, 0) is 42.3 Å². The molecule has 0 radical (unpaired) electrons. The molecule has 5 nitrogen and oxygen atoms in total. The van der Waals surface area contributed by atoms with Crippen LogP contribution in [0.15, 0.2) is 59.6 Å². The van der Waals surface area contributed by atoms with E-state index in [1.165, 1.54) is 0 Å². The SMILES string of the molecule is C=S(=O)(Nc1cnc2ccccc2n1)c1ccc(N)cc1. The molecule has 0 amide bonds. The predicted molar refractivity (Wildman–Crippen MR) is 87.5 cm³/mol. The van der Waals surface area contributed by atoms with Gasteiger partial charge in [0.1, 0.15) is 0 Å². The number of rotatable bonds is 3. The largest absolute Gasteiger partial charge is 0.399 e. The summed E-state index contributed by atoms with van der Waals surface area (Å²) in [7, 11) is -2.71. The standard InChI is InChI=1S/C15H14N4OS/c1-21(20,12-8-6-11(16)7-9-12)19-15-10-17-13-4-2-3-5-14(13)18-15/h2-10H,1,16H2,(H,18,19,20). The van der Waals surface area contributed by atoms with Gasteiger partial charge in [-0.25, -0.2) is 9.19 Å². The van der Waals surface area contributed by atoms with Gasteiger partial charge in [-0.3, -0.25) is 9.71 Å². The number of nitrogens with one attached hydrogen (secondary N) is 1. The zero-order chi connectivity index (χ0) is 14.9. The highest BCUT2D eigenvalue weighted by Crippen LogP contribution is 2.17. The summed E-state index contributed by atoms with van der Waals surface area (Å²) < 4.78 is 15.5. The molecule has 3 N–H and O–H groups in total. The van der Waals surface area contributed by atoms with Crippen LogP contribution in [0.4, 0.5) is 11.5 Å². The Bertz CT molecular complexity index is 889. The van der Waals surface area contributed by atoms with Crippen molar-refractivity contribution in [1.29, 1.82) is 0 Å². The second kappa shape index (κ2) is 5.06. The second-order valence-electron chi connectivity index (χ2n) is 4.59. The van der Waals surface area contributed by atoms with E-state index in [4.69, 9.17) is 5.73 Å². The van der Waals surface area contributed by atoms with Crippen LogP contribution in [0, 0.1) is 0 Å². The summed E-state index contributed by atoms with van der Waals surface area (Å²) in [5.41, 5.74) is 7.75. The summed E-state index contributed by atoms with van der Waals surface area (Å²) in [6, 6.07) is 14.2. The average Bonchev–Trinajstić information content (AvgIpc) is 2.47. The minimum absolute atomic E-state index is 0.422. The van der Waals surface area contributed by atoms with Gasteiger partial charge in [-0.15, -0.1) is 0 Å². The number of anilines is 2. The van der Waals surface area contributed by atoms with Crippen molar-refractivity contribution in [2.75, 3.05) is 10.5 Å². The van der Waals surface area contributed by atoms with Crippen molar-refractivity contribution in [2.24, 2.45) is 0 Å². The third-order valence-corrected chi connectivity index (χ3v) is 4.55. The monoisotopic (exact) mass is 298 g/mol. The lowest BCUT2D eigenvalue weighted by Crippen LogP contribution is -2.14. The molecule has 0 bridgehead atoms. The molecule has 0 aliphatic carbocycles. The van der Waals surface area contributed by atoms with Crippen molar-refractivity contribution in [3.8, 4) is 0 Å². The molecule has 3 rings (SSSR count). The molecule has 1 unspecified atom stereocenters. The fourth-order valence-electron chi connectivity index (χ4n) is 1.92. The van der Waals surface area contributed by atoms with Crippen molar-refractivity contribution in [3.05, 3.63) is 54.7 Å². The van der Waals surface area contributed by atoms with E-state index in [-0.39, 0.29) is 0 Å². The molecule has 0 fully saturated rings. The molecule has 1 heterocycles. The van der Waals surface area contributed by atoms with Crippen molar-refractivity contribution < 1.29 is 4.21 Å². The Hall–Kier alpha value is -2.60. The van der Waals surface area contributed by atoms with Gasteiger partial charge in [0.25, 0.3) is 0 Å². The Morgan fingerprint density at radius 2 is 1.71 bits per heavy atom. The molecule has 6 heteroatoms. The van der Waals surface area contributed by atoms with E-state index in [1.807, 2.05) is 24.3 Å². The number of para-hydroxylation sites is 2. The number of hydrogen-bond acceptors (Lipinski definition) is 4. The maximum atomic E-state index is 12.7. The summed E-state index contributed by atoms with van der Waals surface area (Å²) in [4.78, 5) is 9.22. The lowest BCUT2D eigenvalue weighted by molar-refractivity contribution is 0.684. The first-order chi connectivity index (χ1) is 10.0. The first-order valence-corrected chi connectivity index (χ1v) is 8.00. The Morgan fingerprint density at radius 3 is 2.43 bits per heavy atom. The van der Waals surface area contributed by atoms with Gasteiger partial charge < -0.3 is 5.73 Å². The second-order valence-corrected chi connectivity index (χ2v) is 6.62. The number of nitrogen functional groups attached to an aromatic ring is 1. The lowest BCUT2D eigenvalue weighted by Gasteiger charge is -2.12.